The van der Waals surface area contributed by atoms with Gasteiger partial charge in [0.05, 0.1) is 6.61 Å². The van der Waals surface area contributed by atoms with Crippen LogP contribution in [0.25, 0.3) is 0 Å². The van der Waals surface area contributed by atoms with Crippen LogP contribution < -0.4 is 15.5 Å². The molecule has 0 aliphatic rings. The van der Waals surface area contributed by atoms with Gasteiger partial charge in [-0.25, -0.2) is 0 Å². The van der Waals surface area contributed by atoms with E-state index in [0.29, 0.717) is 12.3 Å². The van der Waals surface area contributed by atoms with Gasteiger partial charge in [0.1, 0.15) is 0 Å². The van der Waals surface area contributed by atoms with E-state index in [-0.39, 0.29) is 6.04 Å². The van der Waals surface area contributed by atoms with E-state index in [1.165, 1.54) is 7.11 Å². The number of methoxy groups -OCH3 is 1. The van der Waals surface area contributed by atoms with Crippen molar-refractivity contribution >= 4 is 23.2 Å². The number of ether oxygens (including phenoxy) is 1. The van der Waals surface area contributed by atoms with E-state index in [2.05, 4.69) is 10.6 Å². The Labute approximate surface area is 119 Å². The fourth-order valence-electron chi connectivity index (χ4n) is 1.61. The lowest BCUT2D eigenvalue weighted by Crippen LogP contribution is -2.42. The average Bonchev–Trinajstić information content (AvgIpc) is 2.39. The summed E-state index contributed by atoms with van der Waals surface area (Å²) >= 11 is 0. The number of hydrogen-bond acceptors (Lipinski definition) is 4. The molecule has 0 fully saturated rings. The van der Waals surface area contributed by atoms with Crippen molar-refractivity contribution in [3.63, 3.8) is 0 Å². The number of amides is 2. The van der Waals surface area contributed by atoms with E-state index < -0.39 is 11.8 Å². The highest BCUT2D eigenvalue weighted by molar-refractivity contribution is 6.39. The molecule has 0 aromatic heterocycles. The first kappa shape index (κ1) is 16.0. The summed E-state index contributed by atoms with van der Waals surface area (Å²) in [6, 6.07) is 7.01. The van der Waals surface area contributed by atoms with Crippen LogP contribution in [0.4, 0.5) is 11.4 Å². The van der Waals surface area contributed by atoms with Gasteiger partial charge < -0.3 is 20.3 Å². The van der Waals surface area contributed by atoms with Crippen molar-refractivity contribution in [1.82, 2.24) is 5.32 Å². The summed E-state index contributed by atoms with van der Waals surface area (Å²) in [5.41, 5.74) is 1.59. The summed E-state index contributed by atoms with van der Waals surface area (Å²) in [6.45, 7) is 2.12. The molecule has 1 aromatic rings. The number of rotatable bonds is 5. The zero-order valence-corrected chi connectivity index (χ0v) is 12.3. The van der Waals surface area contributed by atoms with Crippen LogP contribution in [0, 0.1) is 0 Å². The Morgan fingerprint density at radius 3 is 2.30 bits per heavy atom. The predicted octanol–water partition coefficient (Wildman–Crippen LogP) is 0.842. The molecule has 6 nitrogen and oxygen atoms in total. The van der Waals surface area contributed by atoms with Crippen LogP contribution >= 0.6 is 0 Å². The predicted molar refractivity (Wildman–Crippen MR) is 78.9 cm³/mol. The number of benzene rings is 1. The number of anilines is 2. The van der Waals surface area contributed by atoms with E-state index in [1.54, 1.807) is 19.1 Å². The number of carbonyl (C=O) groups excluding carboxylic acids is 2. The van der Waals surface area contributed by atoms with Gasteiger partial charge >= 0.3 is 11.8 Å². The van der Waals surface area contributed by atoms with E-state index in [1.807, 2.05) is 31.1 Å². The number of hydrogen-bond donors (Lipinski definition) is 2. The molecule has 0 saturated heterocycles. The summed E-state index contributed by atoms with van der Waals surface area (Å²) < 4.78 is 4.89. The van der Waals surface area contributed by atoms with Crippen molar-refractivity contribution in [2.24, 2.45) is 0 Å². The van der Waals surface area contributed by atoms with Crippen LogP contribution in [0.1, 0.15) is 6.92 Å². The van der Waals surface area contributed by atoms with Gasteiger partial charge in [-0.2, -0.15) is 0 Å². The number of nitrogens with one attached hydrogen (secondary N) is 2. The molecular formula is C14H21N3O3. The Morgan fingerprint density at radius 1 is 1.20 bits per heavy atom. The first-order chi connectivity index (χ1) is 9.43. The molecule has 0 bridgehead atoms. The van der Waals surface area contributed by atoms with Crippen LogP contribution in [0.5, 0.6) is 0 Å². The first-order valence-corrected chi connectivity index (χ1v) is 6.32. The lowest BCUT2D eigenvalue weighted by atomic mass is 10.2. The molecule has 1 atom stereocenters. The Hall–Kier alpha value is -2.08. The second-order valence-electron chi connectivity index (χ2n) is 4.73. The molecule has 1 rings (SSSR count). The lowest BCUT2D eigenvalue weighted by Gasteiger charge is -2.14. The van der Waals surface area contributed by atoms with Gasteiger partial charge in [-0.15, -0.1) is 0 Å². The van der Waals surface area contributed by atoms with Gasteiger partial charge in [0.15, 0.2) is 0 Å². The van der Waals surface area contributed by atoms with Gasteiger partial charge in [-0.05, 0) is 31.2 Å². The van der Waals surface area contributed by atoms with Crippen molar-refractivity contribution < 1.29 is 14.3 Å². The Kier molecular flexibility index (Phi) is 5.99. The van der Waals surface area contributed by atoms with Crippen molar-refractivity contribution in [2.75, 3.05) is 38.0 Å². The van der Waals surface area contributed by atoms with E-state index in [4.69, 9.17) is 4.74 Å². The zero-order chi connectivity index (χ0) is 15.1. The highest BCUT2D eigenvalue weighted by Crippen LogP contribution is 2.15. The van der Waals surface area contributed by atoms with E-state index >= 15 is 0 Å². The molecule has 0 aliphatic carbocycles. The summed E-state index contributed by atoms with van der Waals surface area (Å²) in [7, 11) is 5.39. The molecule has 0 radical (unpaired) electrons. The monoisotopic (exact) mass is 279 g/mol. The maximum atomic E-state index is 11.7. The van der Waals surface area contributed by atoms with Gasteiger partial charge in [-0.3, -0.25) is 9.59 Å². The van der Waals surface area contributed by atoms with E-state index in [0.717, 1.165) is 5.69 Å². The second-order valence-corrected chi connectivity index (χ2v) is 4.73. The summed E-state index contributed by atoms with van der Waals surface area (Å²) in [6.07, 6.45) is 0. The van der Waals surface area contributed by atoms with Crippen molar-refractivity contribution in [3.05, 3.63) is 24.3 Å². The largest absolute Gasteiger partial charge is 0.383 e. The lowest BCUT2D eigenvalue weighted by molar-refractivity contribution is -0.136. The van der Waals surface area contributed by atoms with Gasteiger partial charge in [0.2, 0.25) is 0 Å². The molecule has 6 heteroatoms. The number of nitrogens with zero attached hydrogens (tertiary/aromatic N) is 1. The molecule has 0 unspecified atom stereocenters. The summed E-state index contributed by atoms with van der Waals surface area (Å²) in [4.78, 5) is 25.3. The van der Waals surface area contributed by atoms with Crippen LogP contribution in [0.2, 0.25) is 0 Å². The standard InChI is InChI=1S/C14H21N3O3/c1-10(9-20-4)15-13(18)14(19)16-11-5-7-12(8-6-11)17(2)3/h5-8,10H,9H2,1-4H3,(H,15,18)(H,16,19)/t10-/m0/s1. The molecule has 1 aromatic carbocycles. The van der Waals surface area contributed by atoms with Crippen molar-refractivity contribution in [3.8, 4) is 0 Å². The highest BCUT2D eigenvalue weighted by atomic mass is 16.5. The molecule has 0 heterocycles. The molecule has 2 amide bonds. The molecule has 0 aliphatic heterocycles. The summed E-state index contributed by atoms with van der Waals surface area (Å²) in [5, 5.41) is 5.09. The third kappa shape index (κ3) is 4.89. The van der Waals surface area contributed by atoms with Crippen LogP contribution in [0.3, 0.4) is 0 Å². The number of carbonyl (C=O) groups is 2. The molecule has 0 spiro atoms. The molecular weight excluding hydrogens is 258 g/mol. The van der Waals surface area contributed by atoms with Crippen LogP contribution in [-0.4, -0.2) is 45.7 Å². The minimum atomic E-state index is -0.689. The Balaban J connectivity index is 2.55. The fraction of sp³-hybridized carbons (Fsp3) is 0.429. The maximum Gasteiger partial charge on any atom is 0.313 e. The maximum absolute atomic E-state index is 11.7. The topological polar surface area (TPSA) is 70.7 Å². The van der Waals surface area contributed by atoms with Crippen LogP contribution in [0.15, 0.2) is 24.3 Å². The van der Waals surface area contributed by atoms with Gasteiger partial charge in [0, 0.05) is 38.6 Å². The molecule has 0 saturated carbocycles. The van der Waals surface area contributed by atoms with Crippen molar-refractivity contribution in [2.45, 2.75) is 13.0 Å². The SMILES string of the molecule is COC[C@H](C)NC(=O)C(=O)Nc1ccc(N(C)C)cc1. The third-order valence-electron chi connectivity index (χ3n) is 2.64. The summed E-state index contributed by atoms with van der Waals surface area (Å²) in [5.74, 6) is -1.36. The fourth-order valence-corrected chi connectivity index (χ4v) is 1.61. The highest BCUT2D eigenvalue weighted by Gasteiger charge is 2.16. The van der Waals surface area contributed by atoms with Gasteiger partial charge in [0.25, 0.3) is 0 Å². The van der Waals surface area contributed by atoms with Crippen LogP contribution in [-0.2, 0) is 14.3 Å². The smallest absolute Gasteiger partial charge is 0.313 e. The second kappa shape index (κ2) is 7.49. The average molecular weight is 279 g/mol. The minimum Gasteiger partial charge on any atom is -0.383 e. The van der Waals surface area contributed by atoms with Crippen molar-refractivity contribution in [1.29, 1.82) is 0 Å². The quantitative estimate of drug-likeness (QED) is 0.784. The Bertz CT molecular complexity index is 457. The molecule has 110 valence electrons. The minimum absolute atomic E-state index is 0.214. The normalized spacial score (nSPS) is 11.6. The van der Waals surface area contributed by atoms with E-state index in [9.17, 15) is 9.59 Å². The van der Waals surface area contributed by atoms with Gasteiger partial charge in [-0.1, -0.05) is 0 Å². The molecule has 2 N–H and O–H groups in total. The third-order valence-corrected chi connectivity index (χ3v) is 2.64. The Morgan fingerprint density at radius 2 is 1.80 bits per heavy atom. The first-order valence-electron chi connectivity index (χ1n) is 6.32. The zero-order valence-electron chi connectivity index (χ0n) is 12.3. The molecule has 20 heavy (non-hydrogen) atoms.